The number of amides is 2. The Morgan fingerprint density at radius 1 is 1.03 bits per heavy atom. The topological polar surface area (TPSA) is 49.4 Å². The van der Waals surface area contributed by atoms with Gasteiger partial charge in [0.15, 0.2) is 0 Å². The molecule has 1 unspecified atom stereocenters. The van der Waals surface area contributed by atoms with Gasteiger partial charge in [-0.15, -0.1) is 11.8 Å². The summed E-state index contributed by atoms with van der Waals surface area (Å²) in [7, 11) is 0. The van der Waals surface area contributed by atoms with Crippen molar-refractivity contribution >= 4 is 39.5 Å². The summed E-state index contributed by atoms with van der Waals surface area (Å²) in [5.74, 6) is 1.07. The summed E-state index contributed by atoms with van der Waals surface area (Å²) in [5.41, 5.74) is 3.40. The van der Waals surface area contributed by atoms with Crippen LogP contribution in [0.1, 0.15) is 55.7 Å². The fourth-order valence-electron chi connectivity index (χ4n) is 3.96. The molecule has 1 fully saturated rings. The van der Waals surface area contributed by atoms with Gasteiger partial charge in [0, 0.05) is 22.8 Å². The molecule has 1 saturated carbocycles. The molecule has 2 aromatic carbocycles. The Morgan fingerprint density at radius 2 is 1.66 bits per heavy atom. The summed E-state index contributed by atoms with van der Waals surface area (Å²) in [6.45, 7) is 4.34. The van der Waals surface area contributed by atoms with E-state index in [4.69, 9.17) is 0 Å². The van der Waals surface area contributed by atoms with Crippen molar-refractivity contribution in [1.82, 2.24) is 10.2 Å². The molecule has 3 rings (SSSR count). The van der Waals surface area contributed by atoms with Crippen LogP contribution in [0.5, 0.6) is 0 Å². The Balaban J connectivity index is 1.64. The van der Waals surface area contributed by atoms with Crippen LogP contribution in [0.4, 0.5) is 0 Å². The molecule has 1 atom stereocenters. The Bertz CT molecular complexity index is 880. The second-order valence-electron chi connectivity index (χ2n) is 8.65. The quantitative estimate of drug-likeness (QED) is 0.454. The zero-order valence-electron chi connectivity index (χ0n) is 19.0. The van der Waals surface area contributed by atoms with Gasteiger partial charge in [0.2, 0.25) is 11.8 Å². The highest BCUT2D eigenvalue weighted by molar-refractivity contribution is 9.10. The van der Waals surface area contributed by atoms with Crippen LogP contribution in [0.3, 0.4) is 0 Å². The number of hydrogen-bond acceptors (Lipinski definition) is 3. The number of rotatable bonds is 9. The summed E-state index contributed by atoms with van der Waals surface area (Å²) in [5, 5.41) is 3.19. The van der Waals surface area contributed by atoms with Crippen LogP contribution in [0.25, 0.3) is 0 Å². The summed E-state index contributed by atoms with van der Waals surface area (Å²) in [6.07, 6.45) is 5.65. The number of carbonyl (C=O) groups excluding carboxylic acids is 2. The van der Waals surface area contributed by atoms with Crippen molar-refractivity contribution in [3.8, 4) is 0 Å². The molecule has 0 radical (unpaired) electrons. The second kappa shape index (κ2) is 12.4. The lowest BCUT2D eigenvalue weighted by Gasteiger charge is -2.31. The highest BCUT2D eigenvalue weighted by atomic mass is 79.9. The molecule has 0 aromatic heterocycles. The fraction of sp³-hybridized carbons (Fsp3) is 0.462. The van der Waals surface area contributed by atoms with Crippen LogP contribution in [-0.4, -0.2) is 34.6 Å². The minimum absolute atomic E-state index is 0.000944. The molecule has 0 saturated heterocycles. The second-order valence-corrected chi connectivity index (χ2v) is 10.5. The van der Waals surface area contributed by atoms with Gasteiger partial charge in [0.25, 0.3) is 0 Å². The first-order chi connectivity index (χ1) is 15.4. The lowest BCUT2D eigenvalue weighted by Crippen LogP contribution is -2.50. The highest BCUT2D eigenvalue weighted by Gasteiger charge is 2.28. The number of nitrogens with one attached hydrogen (secondary N) is 1. The number of nitrogens with zero attached hydrogens (tertiary/aromatic N) is 1. The molecule has 32 heavy (non-hydrogen) atoms. The molecule has 172 valence electrons. The number of benzene rings is 2. The molecule has 1 aliphatic rings. The lowest BCUT2D eigenvalue weighted by molar-refractivity contribution is -0.139. The number of aryl methyl sites for hydroxylation is 1. The van der Waals surface area contributed by atoms with Crippen LogP contribution in [0, 0.1) is 6.92 Å². The standard InChI is InChI=1S/C26H33BrN2O2S/c1-19-8-10-21(11-9-19)16-29(20(2)26(31)28-24-6-4-3-5-7-24)25(30)18-32-17-22-12-14-23(27)15-13-22/h8-15,20,24H,3-7,16-18H2,1-2H3,(H,28,31). The lowest BCUT2D eigenvalue weighted by atomic mass is 9.95. The molecule has 6 heteroatoms. The van der Waals surface area contributed by atoms with Crippen molar-refractivity contribution in [3.63, 3.8) is 0 Å². The monoisotopic (exact) mass is 516 g/mol. The van der Waals surface area contributed by atoms with E-state index in [1.165, 1.54) is 17.5 Å². The number of hydrogen-bond donors (Lipinski definition) is 1. The van der Waals surface area contributed by atoms with Crippen molar-refractivity contribution in [2.75, 3.05) is 5.75 Å². The van der Waals surface area contributed by atoms with Gasteiger partial charge in [-0.3, -0.25) is 9.59 Å². The Hall–Kier alpha value is -1.79. The van der Waals surface area contributed by atoms with Crippen molar-refractivity contribution < 1.29 is 9.59 Å². The SMILES string of the molecule is Cc1ccc(CN(C(=O)CSCc2ccc(Br)cc2)C(C)C(=O)NC2CCCCC2)cc1. The molecule has 2 amide bonds. The predicted octanol–water partition coefficient (Wildman–Crippen LogP) is 5.86. The van der Waals surface area contributed by atoms with Gasteiger partial charge in [0.1, 0.15) is 6.04 Å². The third kappa shape index (κ3) is 7.66. The summed E-state index contributed by atoms with van der Waals surface area (Å²) in [4.78, 5) is 28.0. The average molecular weight is 518 g/mol. The van der Waals surface area contributed by atoms with Crippen molar-refractivity contribution in [3.05, 3.63) is 69.7 Å². The molecular formula is C26H33BrN2O2S. The summed E-state index contributed by atoms with van der Waals surface area (Å²) in [6, 6.07) is 16.1. The maximum atomic E-state index is 13.2. The smallest absolute Gasteiger partial charge is 0.242 e. The first kappa shape index (κ1) is 24.8. The van der Waals surface area contributed by atoms with Gasteiger partial charge in [-0.05, 0) is 49.9 Å². The van der Waals surface area contributed by atoms with Crippen molar-refractivity contribution in [2.45, 2.75) is 70.3 Å². The molecule has 0 spiro atoms. The van der Waals surface area contributed by atoms with E-state index >= 15 is 0 Å². The molecule has 4 nitrogen and oxygen atoms in total. The van der Waals surface area contributed by atoms with E-state index < -0.39 is 6.04 Å². The van der Waals surface area contributed by atoms with E-state index in [1.54, 1.807) is 16.7 Å². The summed E-state index contributed by atoms with van der Waals surface area (Å²) >= 11 is 5.04. The minimum Gasteiger partial charge on any atom is -0.352 e. The van der Waals surface area contributed by atoms with Gasteiger partial charge in [-0.25, -0.2) is 0 Å². The fourth-order valence-corrected chi connectivity index (χ4v) is 5.10. The maximum absolute atomic E-state index is 13.2. The van der Waals surface area contributed by atoms with E-state index in [2.05, 4.69) is 33.4 Å². The third-order valence-corrected chi connectivity index (χ3v) is 7.52. The van der Waals surface area contributed by atoms with Gasteiger partial charge in [0.05, 0.1) is 5.75 Å². The number of thioether (sulfide) groups is 1. The molecule has 1 N–H and O–H groups in total. The van der Waals surface area contributed by atoms with E-state index in [9.17, 15) is 9.59 Å². The first-order valence-electron chi connectivity index (χ1n) is 11.4. The van der Waals surface area contributed by atoms with Crippen molar-refractivity contribution in [1.29, 1.82) is 0 Å². The van der Waals surface area contributed by atoms with Gasteiger partial charge < -0.3 is 10.2 Å². The van der Waals surface area contributed by atoms with Crippen LogP contribution in [-0.2, 0) is 21.9 Å². The Labute approximate surface area is 204 Å². The molecule has 0 heterocycles. The molecule has 1 aliphatic carbocycles. The third-order valence-electron chi connectivity index (χ3n) is 6.00. The number of halogens is 1. The summed E-state index contributed by atoms with van der Waals surface area (Å²) < 4.78 is 1.05. The van der Waals surface area contributed by atoms with Crippen LogP contribution in [0.15, 0.2) is 53.0 Å². The molecule has 0 bridgehead atoms. The zero-order valence-corrected chi connectivity index (χ0v) is 21.4. The zero-order chi connectivity index (χ0) is 22.9. The van der Waals surface area contributed by atoms with Gasteiger partial charge >= 0.3 is 0 Å². The Kier molecular flexibility index (Phi) is 9.67. The van der Waals surface area contributed by atoms with Crippen LogP contribution in [0.2, 0.25) is 0 Å². The molecular weight excluding hydrogens is 484 g/mol. The van der Waals surface area contributed by atoms with Gasteiger partial charge in [-0.1, -0.05) is 77.2 Å². The predicted molar refractivity (Wildman–Crippen MR) is 137 cm³/mol. The van der Waals surface area contributed by atoms with Crippen LogP contribution >= 0.6 is 27.7 Å². The van der Waals surface area contributed by atoms with Crippen molar-refractivity contribution in [2.24, 2.45) is 0 Å². The van der Waals surface area contributed by atoms with E-state index in [0.29, 0.717) is 12.3 Å². The normalized spacial score (nSPS) is 15.2. The largest absolute Gasteiger partial charge is 0.352 e. The average Bonchev–Trinajstić information content (AvgIpc) is 2.80. The number of carbonyl (C=O) groups is 2. The first-order valence-corrected chi connectivity index (χ1v) is 13.3. The van der Waals surface area contributed by atoms with E-state index in [-0.39, 0.29) is 17.9 Å². The van der Waals surface area contributed by atoms with Gasteiger partial charge in [-0.2, -0.15) is 0 Å². The van der Waals surface area contributed by atoms with E-state index in [1.807, 2.05) is 50.2 Å². The highest BCUT2D eigenvalue weighted by Crippen LogP contribution is 2.20. The minimum atomic E-state index is -0.501. The molecule has 2 aromatic rings. The van der Waals surface area contributed by atoms with Crippen LogP contribution < -0.4 is 5.32 Å². The maximum Gasteiger partial charge on any atom is 0.242 e. The molecule has 0 aliphatic heterocycles. The Morgan fingerprint density at radius 3 is 2.31 bits per heavy atom. The van der Waals surface area contributed by atoms with E-state index in [0.717, 1.165) is 41.5 Å².